The summed E-state index contributed by atoms with van der Waals surface area (Å²) >= 11 is 9.60. The van der Waals surface area contributed by atoms with Gasteiger partial charge in [-0.25, -0.2) is 0 Å². The van der Waals surface area contributed by atoms with Gasteiger partial charge in [0.25, 0.3) is 0 Å². The maximum absolute atomic E-state index is 10.4. The quantitative estimate of drug-likeness (QED) is 0.754. The summed E-state index contributed by atoms with van der Waals surface area (Å²) in [6, 6.07) is 5.68. The zero-order valence-electron chi connectivity index (χ0n) is 12.9. The van der Waals surface area contributed by atoms with E-state index in [1.54, 1.807) is 0 Å². The molecule has 0 aliphatic carbocycles. The molecule has 4 heteroatoms. The van der Waals surface area contributed by atoms with Crippen LogP contribution in [0.5, 0.6) is 0 Å². The Morgan fingerprint density at radius 2 is 2.10 bits per heavy atom. The lowest BCUT2D eigenvalue weighted by molar-refractivity contribution is 0.143. The molecule has 1 aliphatic rings. The molecule has 0 amide bonds. The summed E-state index contributed by atoms with van der Waals surface area (Å²) in [5.74, 6) is 0. The number of nitrogens with zero attached hydrogens (tertiary/aromatic N) is 1. The van der Waals surface area contributed by atoms with Gasteiger partial charge < -0.3 is 10.0 Å². The van der Waals surface area contributed by atoms with Crippen molar-refractivity contribution >= 4 is 27.5 Å². The standard InChI is InChI=1S/C17H25BrClNO/c1-3-17(4-2)8-10-20(12-17)9-7-16(21)14-6-5-13(18)11-15(14)19/h5-6,11,16,21H,3-4,7-10,12H2,1-2H3. The molecule has 0 spiro atoms. The number of hydrogen-bond acceptors (Lipinski definition) is 2. The SMILES string of the molecule is CCC1(CC)CCN(CCC(O)c2ccc(Br)cc2Cl)C1. The fraction of sp³-hybridized carbons (Fsp3) is 0.647. The van der Waals surface area contributed by atoms with Crippen molar-refractivity contribution in [3.63, 3.8) is 0 Å². The molecule has 1 aromatic carbocycles. The van der Waals surface area contributed by atoms with Crippen LogP contribution in [0.1, 0.15) is 51.2 Å². The molecular formula is C17H25BrClNO. The first-order valence-corrected chi connectivity index (χ1v) is 9.02. The van der Waals surface area contributed by atoms with Gasteiger partial charge in [0.2, 0.25) is 0 Å². The monoisotopic (exact) mass is 373 g/mol. The predicted molar refractivity (Wildman–Crippen MR) is 92.8 cm³/mol. The van der Waals surface area contributed by atoms with Crippen molar-refractivity contribution in [2.45, 2.75) is 45.6 Å². The van der Waals surface area contributed by atoms with E-state index in [9.17, 15) is 5.11 Å². The van der Waals surface area contributed by atoms with E-state index in [0.29, 0.717) is 10.4 Å². The Hall–Kier alpha value is -0.0900. The normalized spacial score (nSPS) is 19.9. The van der Waals surface area contributed by atoms with E-state index in [0.717, 1.165) is 29.5 Å². The number of likely N-dealkylation sites (tertiary alicyclic amines) is 1. The van der Waals surface area contributed by atoms with E-state index in [1.807, 2.05) is 18.2 Å². The Morgan fingerprint density at radius 1 is 1.38 bits per heavy atom. The summed E-state index contributed by atoms with van der Waals surface area (Å²) in [7, 11) is 0. The van der Waals surface area contributed by atoms with Crippen molar-refractivity contribution in [1.29, 1.82) is 0 Å². The molecule has 0 saturated carbocycles. The summed E-state index contributed by atoms with van der Waals surface area (Å²) in [4.78, 5) is 2.49. The summed E-state index contributed by atoms with van der Waals surface area (Å²) in [6.07, 6.45) is 4.05. The van der Waals surface area contributed by atoms with Gasteiger partial charge in [0.15, 0.2) is 0 Å². The Balaban J connectivity index is 1.89. The molecule has 2 nitrogen and oxygen atoms in total. The average molecular weight is 375 g/mol. The van der Waals surface area contributed by atoms with Crippen LogP contribution in [-0.4, -0.2) is 29.6 Å². The molecule has 1 N–H and O–H groups in total. The fourth-order valence-electron chi connectivity index (χ4n) is 3.28. The zero-order valence-corrected chi connectivity index (χ0v) is 15.3. The lowest BCUT2D eigenvalue weighted by Gasteiger charge is -2.27. The molecule has 1 fully saturated rings. The van der Waals surface area contributed by atoms with Crippen molar-refractivity contribution in [3.8, 4) is 0 Å². The molecule has 1 saturated heterocycles. The minimum absolute atomic E-state index is 0.483. The van der Waals surface area contributed by atoms with Crippen molar-refractivity contribution in [1.82, 2.24) is 4.90 Å². The van der Waals surface area contributed by atoms with Crippen molar-refractivity contribution < 1.29 is 5.11 Å². The van der Waals surface area contributed by atoms with Crippen LogP contribution in [0.25, 0.3) is 0 Å². The second kappa shape index (κ2) is 7.45. The predicted octanol–water partition coefficient (Wildman–Crippen LogP) is 5.04. The van der Waals surface area contributed by atoms with Gasteiger partial charge in [-0.05, 0) is 55.3 Å². The highest BCUT2D eigenvalue weighted by Gasteiger charge is 2.34. The lowest BCUT2D eigenvalue weighted by Crippen LogP contribution is -2.28. The summed E-state index contributed by atoms with van der Waals surface area (Å²) < 4.78 is 0.943. The van der Waals surface area contributed by atoms with Crippen LogP contribution in [0.4, 0.5) is 0 Å². The van der Waals surface area contributed by atoms with Gasteiger partial charge in [0.1, 0.15) is 0 Å². The molecule has 21 heavy (non-hydrogen) atoms. The van der Waals surface area contributed by atoms with E-state index in [1.165, 1.54) is 25.8 Å². The third kappa shape index (κ3) is 4.22. The van der Waals surface area contributed by atoms with E-state index < -0.39 is 6.10 Å². The Morgan fingerprint density at radius 3 is 2.67 bits per heavy atom. The number of halogens is 2. The minimum atomic E-state index is -0.483. The number of rotatable bonds is 6. The van der Waals surface area contributed by atoms with Crippen LogP contribution in [0.3, 0.4) is 0 Å². The highest BCUT2D eigenvalue weighted by molar-refractivity contribution is 9.10. The molecule has 1 aromatic rings. The van der Waals surface area contributed by atoms with Crippen LogP contribution < -0.4 is 0 Å². The van der Waals surface area contributed by atoms with Gasteiger partial charge in [-0.1, -0.05) is 47.4 Å². The first-order chi connectivity index (χ1) is 9.99. The molecule has 0 bridgehead atoms. The van der Waals surface area contributed by atoms with Gasteiger partial charge in [0, 0.05) is 22.6 Å². The number of benzene rings is 1. The smallest absolute Gasteiger partial charge is 0.0816 e. The second-order valence-electron chi connectivity index (χ2n) is 6.20. The molecule has 1 unspecified atom stereocenters. The summed E-state index contributed by atoms with van der Waals surface area (Å²) in [6.45, 7) is 7.85. The highest BCUT2D eigenvalue weighted by atomic mass is 79.9. The third-order valence-corrected chi connectivity index (χ3v) is 5.88. The van der Waals surface area contributed by atoms with Gasteiger partial charge in [-0.2, -0.15) is 0 Å². The highest BCUT2D eigenvalue weighted by Crippen LogP contribution is 2.37. The lowest BCUT2D eigenvalue weighted by atomic mass is 9.82. The topological polar surface area (TPSA) is 23.5 Å². The van der Waals surface area contributed by atoms with Gasteiger partial charge >= 0.3 is 0 Å². The van der Waals surface area contributed by atoms with Crippen LogP contribution in [0.2, 0.25) is 5.02 Å². The van der Waals surface area contributed by atoms with E-state index in [2.05, 4.69) is 34.7 Å². The van der Waals surface area contributed by atoms with Crippen LogP contribution in [0, 0.1) is 5.41 Å². The van der Waals surface area contributed by atoms with Gasteiger partial charge in [0.05, 0.1) is 6.10 Å². The third-order valence-electron chi connectivity index (χ3n) is 5.06. The largest absolute Gasteiger partial charge is 0.388 e. The van der Waals surface area contributed by atoms with Crippen LogP contribution in [0.15, 0.2) is 22.7 Å². The van der Waals surface area contributed by atoms with Gasteiger partial charge in [-0.3, -0.25) is 0 Å². The maximum Gasteiger partial charge on any atom is 0.0816 e. The number of hydrogen-bond donors (Lipinski definition) is 1. The molecular weight excluding hydrogens is 350 g/mol. The summed E-state index contributed by atoms with van der Waals surface area (Å²) in [5, 5.41) is 11.0. The molecule has 0 radical (unpaired) electrons. The van der Waals surface area contributed by atoms with Crippen molar-refractivity contribution in [2.24, 2.45) is 5.41 Å². The molecule has 1 atom stereocenters. The fourth-order valence-corrected chi connectivity index (χ4v) is 4.08. The Labute approximate surface area is 141 Å². The molecule has 118 valence electrons. The van der Waals surface area contributed by atoms with Gasteiger partial charge in [-0.15, -0.1) is 0 Å². The first kappa shape index (κ1) is 17.3. The zero-order chi connectivity index (χ0) is 15.5. The first-order valence-electron chi connectivity index (χ1n) is 7.85. The molecule has 1 aliphatic heterocycles. The number of aliphatic hydroxyl groups is 1. The van der Waals surface area contributed by atoms with Crippen LogP contribution in [-0.2, 0) is 0 Å². The summed E-state index contributed by atoms with van der Waals surface area (Å²) in [5.41, 5.74) is 1.33. The Bertz CT molecular complexity index is 476. The van der Waals surface area contributed by atoms with Crippen LogP contribution >= 0.6 is 27.5 Å². The number of aliphatic hydroxyl groups excluding tert-OH is 1. The van der Waals surface area contributed by atoms with E-state index >= 15 is 0 Å². The van der Waals surface area contributed by atoms with E-state index in [-0.39, 0.29) is 0 Å². The van der Waals surface area contributed by atoms with Crippen molar-refractivity contribution in [3.05, 3.63) is 33.3 Å². The minimum Gasteiger partial charge on any atom is -0.388 e. The average Bonchev–Trinajstić information content (AvgIpc) is 2.89. The maximum atomic E-state index is 10.4. The molecule has 2 rings (SSSR count). The van der Waals surface area contributed by atoms with Crippen molar-refractivity contribution in [2.75, 3.05) is 19.6 Å². The Kier molecular flexibility index (Phi) is 6.13. The molecule has 1 heterocycles. The van der Waals surface area contributed by atoms with E-state index in [4.69, 9.17) is 11.6 Å². The second-order valence-corrected chi connectivity index (χ2v) is 7.53. The molecule has 0 aromatic heterocycles.